The van der Waals surface area contributed by atoms with Crippen LogP contribution >= 0.6 is 0 Å². The van der Waals surface area contributed by atoms with Gasteiger partial charge in [-0.3, -0.25) is 0 Å². The molecule has 0 bridgehead atoms. The van der Waals surface area contributed by atoms with Crippen LogP contribution in [0.3, 0.4) is 0 Å². The SMILES string of the molecule is C=Cc1c(/C(=C\C)c2nc(-c3ccccc3)nc(-c3ccccc3)n2)oc2c(-c3ccc4c(c3)c3ccccc3n4-c3ccccc3)cccc12. The summed E-state index contributed by atoms with van der Waals surface area (Å²) in [5.41, 5.74) is 9.79. The number of fused-ring (bicyclic) bond motifs is 4. The van der Waals surface area contributed by atoms with Gasteiger partial charge in [-0.25, -0.2) is 15.0 Å². The first-order valence-corrected chi connectivity index (χ1v) is 17.0. The summed E-state index contributed by atoms with van der Waals surface area (Å²) in [6, 6.07) is 52.1. The molecule has 0 saturated carbocycles. The van der Waals surface area contributed by atoms with Crippen molar-refractivity contribution in [1.29, 1.82) is 0 Å². The Kier molecular flexibility index (Phi) is 7.44. The fourth-order valence-corrected chi connectivity index (χ4v) is 7.05. The maximum atomic E-state index is 6.90. The Morgan fingerprint density at radius 3 is 1.86 bits per heavy atom. The molecule has 0 saturated heterocycles. The molecular formula is C46H32N4O. The van der Waals surface area contributed by atoms with Gasteiger partial charge in [-0.15, -0.1) is 0 Å². The highest BCUT2D eigenvalue weighted by Gasteiger charge is 2.23. The molecule has 3 heterocycles. The highest BCUT2D eigenvalue weighted by molar-refractivity contribution is 6.11. The molecule has 0 aliphatic rings. The maximum Gasteiger partial charge on any atom is 0.167 e. The molecule has 3 aromatic heterocycles. The smallest absolute Gasteiger partial charge is 0.167 e. The number of furan rings is 1. The van der Waals surface area contributed by atoms with E-state index in [4.69, 9.17) is 19.4 Å². The second-order valence-corrected chi connectivity index (χ2v) is 12.4. The van der Waals surface area contributed by atoms with Crippen LogP contribution in [0.25, 0.3) is 84.0 Å². The lowest BCUT2D eigenvalue weighted by Gasteiger charge is -2.10. The van der Waals surface area contributed by atoms with Crippen molar-refractivity contribution in [2.45, 2.75) is 6.92 Å². The summed E-state index contributed by atoms with van der Waals surface area (Å²) >= 11 is 0. The van der Waals surface area contributed by atoms with E-state index in [0.29, 0.717) is 23.2 Å². The molecule has 0 fully saturated rings. The van der Waals surface area contributed by atoms with Gasteiger partial charge in [0.1, 0.15) is 11.3 Å². The first-order chi connectivity index (χ1) is 25.2. The molecule has 0 spiro atoms. The Morgan fingerprint density at radius 1 is 0.588 bits per heavy atom. The number of para-hydroxylation sites is 3. The summed E-state index contributed by atoms with van der Waals surface area (Å²) in [7, 11) is 0. The quantitative estimate of drug-likeness (QED) is 0.171. The summed E-state index contributed by atoms with van der Waals surface area (Å²) < 4.78 is 9.23. The van der Waals surface area contributed by atoms with Crippen LogP contribution in [0.5, 0.6) is 0 Å². The van der Waals surface area contributed by atoms with Gasteiger partial charge in [0.15, 0.2) is 17.5 Å². The van der Waals surface area contributed by atoms with Crippen LogP contribution < -0.4 is 0 Å². The molecule has 6 aromatic carbocycles. The van der Waals surface area contributed by atoms with Crippen molar-refractivity contribution < 1.29 is 4.42 Å². The lowest BCUT2D eigenvalue weighted by molar-refractivity contribution is 0.599. The van der Waals surface area contributed by atoms with Gasteiger partial charge in [0.25, 0.3) is 0 Å². The monoisotopic (exact) mass is 656 g/mol. The van der Waals surface area contributed by atoms with Crippen molar-refractivity contribution in [2.75, 3.05) is 0 Å². The van der Waals surface area contributed by atoms with Crippen LogP contribution in [0.2, 0.25) is 0 Å². The Balaban J connectivity index is 1.22. The van der Waals surface area contributed by atoms with Crippen molar-refractivity contribution in [2.24, 2.45) is 0 Å². The van der Waals surface area contributed by atoms with Crippen LogP contribution in [0.1, 0.15) is 24.1 Å². The number of hydrogen-bond acceptors (Lipinski definition) is 4. The maximum absolute atomic E-state index is 6.90. The molecule has 0 radical (unpaired) electrons. The van der Waals surface area contributed by atoms with Crippen molar-refractivity contribution in [1.82, 2.24) is 19.5 Å². The van der Waals surface area contributed by atoms with Gasteiger partial charge in [-0.05, 0) is 42.8 Å². The third-order valence-corrected chi connectivity index (χ3v) is 9.43. The highest BCUT2D eigenvalue weighted by Crippen LogP contribution is 2.41. The topological polar surface area (TPSA) is 56.7 Å². The Bertz CT molecular complexity index is 2700. The van der Waals surface area contributed by atoms with Gasteiger partial charge in [0.05, 0.1) is 16.6 Å². The van der Waals surface area contributed by atoms with Crippen molar-refractivity contribution in [3.05, 3.63) is 181 Å². The second kappa shape index (κ2) is 12.6. The minimum absolute atomic E-state index is 0.532. The largest absolute Gasteiger partial charge is 0.455 e. The highest BCUT2D eigenvalue weighted by atomic mass is 16.3. The fraction of sp³-hybridized carbons (Fsp3) is 0.0217. The van der Waals surface area contributed by atoms with E-state index < -0.39 is 0 Å². The molecule has 9 aromatic rings. The van der Waals surface area contributed by atoms with E-state index in [9.17, 15) is 0 Å². The second-order valence-electron chi connectivity index (χ2n) is 12.4. The Labute approximate surface area is 295 Å². The molecule has 242 valence electrons. The minimum Gasteiger partial charge on any atom is -0.455 e. The zero-order chi connectivity index (χ0) is 34.3. The number of hydrogen-bond donors (Lipinski definition) is 0. The third-order valence-electron chi connectivity index (χ3n) is 9.43. The molecule has 0 aliphatic heterocycles. The van der Waals surface area contributed by atoms with E-state index in [2.05, 4.69) is 102 Å². The van der Waals surface area contributed by atoms with Crippen LogP contribution in [-0.2, 0) is 0 Å². The molecule has 9 rings (SSSR count). The van der Waals surface area contributed by atoms with Crippen molar-refractivity contribution in [3.8, 4) is 39.6 Å². The zero-order valence-corrected chi connectivity index (χ0v) is 28.0. The lowest BCUT2D eigenvalue weighted by atomic mass is 9.99. The van der Waals surface area contributed by atoms with Gasteiger partial charge in [0.2, 0.25) is 0 Å². The number of rotatable bonds is 7. The summed E-state index contributed by atoms with van der Waals surface area (Å²) in [5.74, 6) is 2.39. The third kappa shape index (κ3) is 5.15. The molecule has 0 atom stereocenters. The number of nitrogens with zero attached hydrogens (tertiary/aromatic N) is 4. The summed E-state index contributed by atoms with van der Waals surface area (Å²) in [5, 5.41) is 3.36. The molecule has 0 amide bonds. The van der Waals surface area contributed by atoms with Crippen LogP contribution in [0.4, 0.5) is 0 Å². The van der Waals surface area contributed by atoms with Crippen molar-refractivity contribution in [3.63, 3.8) is 0 Å². The summed E-state index contributed by atoms with van der Waals surface area (Å²) in [6.45, 7) is 6.21. The average molecular weight is 657 g/mol. The molecular weight excluding hydrogens is 625 g/mol. The average Bonchev–Trinajstić information content (AvgIpc) is 3.74. The predicted molar refractivity (Wildman–Crippen MR) is 210 cm³/mol. The van der Waals surface area contributed by atoms with Crippen LogP contribution in [0, 0.1) is 0 Å². The molecule has 0 unspecified atom stereocenters. The van der Waals surface area contributed by atoms with Gasteiger partial charge < -0.3 is 8.98 Å². The lowest BCUT2D eigenvalue weighted by Crippen LogP contribution is -2.03. The molecule has 0 N–H and O–H groups in total. The van der Waals surface area contributed by atoms with Gasteiger partial charge >= 0.3 is 0 Å². The number of aromatic nitrogens is 4. The molecule has 0 aliphatic carbocycles. The first-order valence-electron chi connectivity index (χ1n) is 17.0. The van der Waals surface area contributed by atoms with E-state index in [1.54, 1.807) is 0 Å². The fourth-order valence-electron chi connectivity index (χ4n) is 7.05. The van der Waals surface area contributed by atoms with Gasteiger partial charge in [-0.2, -0.15) is 0 Å². The van der Waals surface area contributed by atoms with Crippen molar-refractivity contribution >= 4 is 44.4 Å². The van der Waals surface area contributed by atoms with E-state index >= 15 is 0 Å². The number of benzene rings is 6. The minimum atomic E-state index is 0.532. The van der Waals surface area contributed by atoms with Crippen LogP contribution in [0.15, 0.2) is 169 Å². The normalized spacial score (nSPS) is 11.8. The van der Waals surface area contributed by atoms with E-state index in [1.165, 1.54) is 16.3 Å². The zero-order valence-electron chi connectivity index (χ0n) is 28.0. The molecule has 5 nitrogen and oxygen atoms in total. The first kappa shape index (κ1) is 30.2. The Hall–Kier alpha value is -6.85. The number of allylic oxidation sites excluding steroid dienone is 1. The van der Waals surface area contributed by atoms with Crippen LogP contribution in [-0.4, -0.2) is 19.5 Å². The summed E-state index contributed by atoms with van der Waals surface area (Å²) in [6.07, 6.45) is 3.87. The standard InChI is InChI=1S/C46H32N4O/c1-3-34-38-25-16-24-36(32-27-28-41-39(29-32)37-23-14-15-26-40(37)50(41)33-21-12-7-13-22-33)43(38)51-42(34)35(4-2)46-48-44(30-17-8-5-9-18-30)47-45(49-46)31-19-10-6-11-20-31/h3-29H,1H2,2H3/b35-4+. The van der Waals surface area contributed by atoms with E-state index in [0.717, 1.165) is 55.6 Å². The molecule has 51 heavy (non-hydrogen) atoms. The molecule has 5 heteroatoms. The van der Waals surface area contributed by atoms with Gasteiger partial charge in [0, 0.05) is 44.1 Å². The van der Waals surface area contributed by atoms with E-state index in [-0.39, 0.29) is 0 Å². The predicted octanol–water partition coefficient (Wildman–Crippen LogP) is 11.8. The Morgan fingerprint density at radius 2 is 1.20 bits per heavy atom. The van der Waals surface area contributed by atoms with E-state index in [1.807, 2.05) is 79.7 Å². The van der Waals surface area contributed by atoms with Gasteiger partial charge in [-0.1, -0.05) is 140 Å². The summed E-state index contributed by atoms with van der Waals surface area (Å²) in [4.78, 5) is 14.9.